The van der Waals surface area contributed by atoms with Crippen molar-refractivity contribution in [2.75, 3.05) is 12.4 Å². The highest BCUT2D eigenvalue weighted by Gasteiger charge is 2.42. The monoisotopic (exact) mass is 361 g/mol. The first kappa shape index (κ1) is 17.7. The fraction of sp³-hybridized carbons (Fsp3) is 0.350. The molecular formula is C20H21ClFNO2. The van der Waals surface area contributed by atoms with Gasteiger partial charge in [0.1, 0.15) is 11.6 Å². The van der Waals surface area contributed by atoms with E-state index >= 15 is 0 Å². The number of halogens is 2. The van der Waals surface area contributed by atoms with Gasteiger partial charge in [0, 0.05) is 11.3 Å². The Morgan fingerprint density at radius 3 is 2.52 bits per heavy atom. The number of hydrogen-bond acceptors (Lipinski definition) is 2. The summed E-state index contributed by atoms with van der Waals surface area (Å²) in [6.07, 6.45) is 4.17. The Bertz CT molecular complexity index is 772. The SMILES string of the molecule is COc1ccc(NC(=O)C2(c3ccccc3F)CCCCC2)cc1Cl. The van der Waals surface area contributed by atoms with E-state index in [0.29, 0.717) is 34.9 Å². The molecule has 1 N–H and O–H groups in total. The van der Waals surface area contributed by atoms with Crippen LogP contribution < -0.4 is 10.1 Å². The molecule has 0 bridgehead atoms. The summed E-state index contributed by atoms with van der Waals surface area (Å²) in [5, 5.41) is 3.34. The van der Waals surface area contributed by atoms with Crippen LogP contribution in [0.3, 0.4) is 0 Å². The highest BCUT2D eigenvalue weighted by Crippen LogP contribution is 2.41. The lowest BCUT2D eigenvalue weighted by Gasteiger charge is -2.36. The predicted molar refractivity (Wildman–Crippen MR) is 97.8 cm³/mol. The minimum atomic E-state index is -0.837. The second-order valence-corrected chi connectivity index (χ2v) is 6.83. The largest absolute Gasteiger partial charge is 0.495 e. The molecule has 0 saturated heterocycles. The van der Waals surface area contributed by atoms with Crippen LogP contribution in [0.4, 0.5) is 10.1 Å². The molecule has 1 aliphatic carbocycles. The van der Waals surface area contributed by atoms with Crippen molar-refractivity contribution >= 4 is 23.2 Å². The molecule has 25 heavy (non-hydrogen) atoms. The third-order valence-electron chi connectivity index (χ3n) is 4.94. The predicted octanol–water partition coefficient (Wildman–Crippen LogP) is 5.33. The molecule has 5 heteroatoms. The van der Waals surface area contributed by atoms with Crippen molar-refractivity contribution < 1.29 is 13.9 Å². The summed E-state index contributed by atoms with van der Waals surface area (Å²) in [5.41, 5.74) is 0.222. The van der Waals surface area contributed by atoms with Gasteiger partial charge in [0.15, 0.2) is 0 Å². The van der Waals surface area contributed by atoms with Crippen molar-refractivity contribution in [2.45, 2.75) is 37.5 Å². The van der Waals surface area contributed by atoms with Crippen molar-refractivity contribution in [2.24, 2.45) is 0 Å². The quantitative estimate of drug-likeness (QED) is 0.799. The molecule has 0 aromatic heterocycles. The van der Waals surface area contributed by atoms with E-state index in [1.54, 1.807) is 36.4 Å². The van der Waals surface area contributed by atoms with Crippen LogP contribution in [0.2, 0.25) is 5.02 Å². The molecule has 0 atom stereocenters. The van der Waals surface area contributed by atoms with Crippen LogP contribution in [0.25, 0.3) is 0 Å². The molecule has 1 saturated carbocycles. The number of rotatable bonds is 4. The molecule has 1 aliphatic rings. The van der Waals surface area contributed by atoms with E-state index in [2.05, 4.69) is 5.32 Å². The minimum Gasteiger partial charge on any atom is -0.495 e. The van der Waals surface area contributed by atoms with Crippen molar-refractivity contribution in [3.63, 3.8) is 0 Å². The van der Waals surface area contributed by atoms with Gasteiger partial charge < -0.3 is 10.1 Å². The molecule has 0 heterocycles. The van der Waals surface area contributed by atoms with Crippen LogP contribution in [0, 0.1) is 5.82 Å². The number of carbonyl (C=O) groups is 1. The zero-order valence-corrected chi connectivity index (χ0v) is 14.9. The van der Waals surface area contributed by atoms with Gasteiger partial charge in [0.05, 0.1) is 17.5 Å². The second kappa shape index (κ2) is 7.44. The second-order valence-electron chi connectivity index (χ2n) is 6.43. The van der Waals surface area contributed by atoms with Crippen LogP contribution in [-0.4, -0.2) is 13.0 Å². The highest BCUT2D eigenvalue weighted by molar-refractivity contribution is 6.32. The third-order valence-corrected chi connectivity index (χ3v) is 5.24. The summed E-state index contributed by atoms with van der Waals surface area (Å²) < 4.78 is 19.6. The number of anilines is 1. The molecule has 132 valence electrons. The number of ether oxygens (including phenoxy) is 1. The number of methoxy groups -OCH3 is 1. The summed E-state index contributed by atoms with van der Waals surface area (Å²) in [6.45, 7) is 0. The first-order valence-corrected chi connectivity index (χ1v) is 8.84. The summed E-state index contributed by atoms with van der Waals surface area (Å²) in [4.78, 5) is 13.2. The lowest BCUT2D eigenvalue weighted by Crippen LogP contribution is -2.42. The number of benzene rings is 2. The fourth-order valence-electron chi connectivity index (χ4n) is 3.62. The normalized spacial score (nSPS) is 16.3. The fourth-order valence-corrected chi connectivity index (χ4v) is 3.88. The van der Waals surface area contributed by atoms with Crippen LogP contribution in [0.1, 0.15) is 37.7 Å². The van der Waals surface area contributed by atoms with Gasteiger partial charge in [-0.2, -0.15) is 0 Å². The Morgan fingerprint density at radius 2 is 1.88 bits per heavy atom. The zero-order chi connectivity index (χ0) is 17.9. The van der Waals surface area contributed by atoms with Crippen LogP contribution >= 0.6 is 11.6 Å². The van der Waals surface area contributed by atoms with Crippen LogP contribution in [0.5, 0.6) is 5.75 Å². The first-order valence-electron chi connectivity index (χ1n) is 8.47. The van der Waals surface area contributed by atoms with E-state index in [0.717, 1.165) is 19.3 Å². The van der Waals surface area contributed by atoms with Crippen molar-refractivity contribution in [1.82, 2.24) is 0 Å². The van der Waals surface area contributed by atoms with E-state index in [1.807, 2.05) is 0 Å². The molecular weight excluding hydrogens is 341 g/mol. The maximum Gasteiger partial charge on any atom is 0.235 e. The summed E-state index contributed by atoms with van der Waals surface area (Å²) in [6, 6.07) is 11.7. The van der Waals surface area contributed by atoms with E-state index < -0.39 is 5.41 Å². The van der Waals surface area contributed by atoms with E-state index in [4.69, 9.17) is 16.3 Å². The molecule has 3 nitrogen and oxygen atoms in total. The Morgan fingerprint density at radius 1 is 1.16 bits per heavy atom. The van der Waals surface area contributed by atoms with Crippen molar-refractivity contribution in [3.8, 4) is 5.75 Å². The maximum atomic E-state index is 14.5. The summed E-state index contributed by atoms with van der Waals surface area (Å²) in [5.74, 6) is 0.0343. The van der Waals surface area contributed by atoms with Gasteiger partial charge in [0.25, 0.3) is 0 Å². The molecule has 2 aromatic rings. The average Bonchev–Trinajstić information content (AvgIpc) is 2.63. The van der Waals surface area contributed by atoms with Gasteiger partial charge in [-0.05, 0) is 37.1 Å². The third kappa shape index (κ3) is 3.49. The van der Waals surface area contributed by atoms with Crippen LogP contribution in [0.15, 0.2) is 42.5 Å². The molecule has 2 aromatic carbocycles. The lowest BCUT2D eigenvalue weighted by molar-refractivity contribution is -0.122. The topological polar surface area (TPSA) is 38.3 Å². The van der Waals surface area contributed by atoms with Gasteiger partial charge in [-0.15, -0.1) is 0 Å². The minimum absolute atomic E-state index is 0.182. The number of amides is 1. The smallest absolute Gasteiger partial charge is 0.235 e. The Kier molecular flexibility index (Phi) is 5.28. The van der Waals surface area contributed by atoms with E-state index in [1.165, 1.54) is 13.2 Å². The van der Waals surface area contributed by atoms with Crippen molar-refractivity contribution in [3.05, 3.63) is 58.9 Å². The number of nitrogens with one attached hydrogen (secondary N) is 1. The first-order chi connectivity index (χ1) is 12.1. The standard InChI is InChI=1S/C20H21ClFNO2/c1-25-18-10-9-14(13-16(18)21)23-19(24)20(11-5-2-6-12-20)15-7-3-4-8-17(15)22/h3-4,7-10,13H,2,5-6,11-12H2,1H3,(H,23,24). The summed E-state index contributed by atoms with van der Waals surface area (Å²) >= 11 is 6.14. The van der Waals surface area contributed by atoms with E-state index in [-0.39, 0.29) is 11.7 Å². The number of carbonyl (C=O) groups excluding carboxylic acids is 1. The molecule has 0 unspecified atom stereocenters. The number of hydrogen-bond donors (Lipinski definition) is 1. The van der Waals surface area contributed by atoms with Crippen LogP contribution in [-0.2, 0) is 10.2 Å². The highest BCUT2D eigenvalue weighted by atomic mass is 35.5. The van der Waals surface area contributed by atoms with Gasteiger partial charge in [-0.3, -0.25) is 4.79 Å². The molecule has 1 fully saturated rings. The Balaban J connectivity index is 1.93. The molecule has 0 radical (unpaired) electrons. The van der Waals surface area contributed by atoms with Gasteiger partial charge >= 0.3 is 0 Å². The van der Waals surface area contributed by atoms with Crippen molar-refractivity contribution in [1.29, 1.82) is 0 Å². The Labute approximate surface area is 152 Å². The summed E-state index contributed by atoms with van der Waals surface area (Å²) in [7, 11) is 1.54. The lowest BCUT2D eigenvalue weighted by atomic mass is 9.68. The molecule has 0 spiro atoms. The molecule has 0 aliphatic heterocycles. The van der Waals surface area contributed by atoms with Gasteiger partial charge in [-0.1, -0.05) is 49.1 Å². The zero-order valence-electron chi connectivity index (χ0n) is 14.1. The molecule has 3 rings (SSSR count). The average molecular weight is 362 g/mol. The Hall–Kier alpha value is -2.07. The maximum absolute atomic E-state index is 14.5. The van der Waals surface area contributed by atoms with Gasteiger partial charge in [-0.25, -0.2) is 4.39 Å². The van der Waals surface area contributed by atoms with Gasteiger partial charge in [0.2, 0.25) is 5.91 Å². The molecule has 1 amide bonds. The van der Waals surface area contributed by atoms with E-state index in [9.17, 15) is 9.18 Å².